The molecule has 26 heavy (non-hydrogen) atoms. The first-order valence-electron chi connectivity index (χ1n) is 8.42. The van der Waals surface area contributed by atoms with E-state index >= 15 is 0 Å². The van der Waals surface area contributed by atoms with Crippen LogP contribution in [0.3, 0.4) is 0 Å². The molecule has 0 saturated carbocycles. The third kappa shape index (κ3) is 3.72. The zero-order valence-electron chi connectivity index (χ0n) is 14.2. The summed E-state index contributed by atoms with van der Waals surface area (Å²) in [6.07, 6.45) is 1.82. The molecule has 3 rings (SSSR count). The summed E-state index contributed by atoms with van der Waals surface area (Å²) in [5.41, 5.74) is 2.12. The van der Waals surface area contributed by atoms with E-state index in [1.807, 2.05) is 0 Å². The highest BCUT2D eigenvalue weighted by Crippen LogP contribution is 2.40. The van der Waals surface area contributed by atoms with Crippen LogP contribution >= 0.6 is 0 Å². The average molecular weight is 356 g/mol. The highest BCUT2D eigenvalue weighted by molar-refractivity contribution is 6.10. The Balaban J connectivity index is 2.01. The van der Waals surface area contributed by atoms with Crippen molar-refractivity contribution in [1.29, 1.82) is 0 Å². The molecule has 0 unspecified atom stereocenters. The summed E-state index contributed by atoms with van der Waals surface area (Å²) in [5.74, 6) is -3.13. The third-order valence-electron chi connectivity index (χ3n) is 4.52. The van der Waals surface area contributed by atoms with Crippen LogP contribution in [0.4, 0.5) is 8.78 Å². The Labute approximate surface area is 150 Å². The molecule has 0 fully saturated rings. The Kier molecular flexibility index (Phi) is 5.26. The molecule has 1 aliphatic carbocycles. The van der Waals surface area contributed by atoms with Crippen molar-refractivity contribution in [2.24, 2.45) is 5.92 Å². The highest BCUT2D eigenvalue weighted by atomic mass is 19.1. The van der Waals surface area contributed by atoms with Gasteiger partial charge in [0.2, 0.25) is 0 Å². The Morgan fingerprint density at radius 3 is 2.19 bits per heavy atom. The maximum absolute atomic E-state index is 13.3. The van der Waals surface area contributed by atoms with Crippen LogP contribution in [0.25, 0.3) is 5.57 Å². The molecular formula is C21H18F2O3. The molecule has 2 aromatic carbocycles. The van der Waals surface area contributed by atoms with Crippen molar-refractivity contribution in [2.45, 2.75) is 19.3 Å². The van der Waals surface area contributed by atoms with Gasteiger partial charge < -0.3 is 4.74 Å². The van der Waals surface area contributed by atoms with E-state index in [-0.39, 0.29) is 18.2 Å². The molecular weight excluding hydrogens is 338 g/mol. The SMILES string of the molecule is CCOC(=O)[C@@H]1C(=O)C=C(c2ccc(F)cc2)C[C@@H]1c1ccc(F)cc1. The van der Waals surface area contributed by atoms with Gasteiger partial charge >= 0.3 is 5.97 Å². The second-order valence-corrected chi connectivity index (χ2v) is 6.17. The van der Waals surface area contributed by atoms with E-state index in [4.69, 9.17) is 4.74 Å². The van der Waals surface area contributed by atoms with Gasteiger partial charge in [-0.25, -0.2) is 8.78 Å². The molecule has 0 amide bonds. The quantitative estimate of drug-likeness (QED) is 0.606. The van der Waals surface area contributed by atoms with Gasteiger partial charge in [0.05, 0.1) is 6.61 Å². The van der Waals surface area contributed by atoms with Crippen molar-refractivity contribution in [3.05, 3.63) is 77.4 Å². The number of carbonyl (C=O) groups is 2. The number of carbonyl (C=O) groups excluding carboxylic acids is 2. The molecule has 0 bridgehead atoms. The van der Waals surface area contributed by atoms with E-state index in [1.165, 1.54) is 30.3 Å². The molecule has 134 valence electrons. The molecule has 2 aromatic rings. The normalized spacial score (nSPS) is 19.8. The molecule has 0 aliphatic heterocycles. The van der Waals surface area contributed by atoms with Crippen molar-refractivity contribution >= 4 is 17.3 Å². The smallest absolute Gasteiger partial charge is 0.317 e. The fourth-order valence-corrected chi connectivity index (χ4v) is 3.27. The molecule has 0 aromatic heterocycles. The van der Waals surface area contributed by atoms with Crippen LogP contribution in [0.15, 0.2) is 54.6 Å². The number of esters is 1. The molecule has 3 nitrogen and oxygen atoms in total. The number of ether oxygens (including phenoxy) is 1. The summed E-state index contributed by atoms with van der Waals surface area (Å²) in [6.45, 7) is 1.85. The Bertz CT molecular complexity index is 839. The van der Waals surface area contributed by atoms with E-state index in [1.54, 1.807) is 31.2 Å². The molecule has 1 aliphatic rings. The summed E-state index contributed by atoms with van der Waals surface area (Å²) in [4.78, 5) is 25.0. The summed E-state index contributed by atoms with van der Waals surface area (Å²) in [6, 6.07) is 11.6. The van der Waals surface area contributed by atoms with Gasteiger partial charge in [0.1, 0.15) is 17.6 Å². The van der Waals surface area contributed by atoms with E-state index in [0.717, 1.165) is 0 Å². The molecule has 5 heteroatoms. The first-order chi connectivity index (χ1) is 12.5. The maximum atomic E-state index is 13.3. The third-order valence-corrected chi connectivity index (χ3v) is 4.52. The summed E-state index contributed by atoms with van der Waals surface area (Å²) in [7, 11) is 0. The number of benzene rings is 2. The lowest BCUT2D eigenvalue weighted by Crippen LogP contribution is -2.34. The number of hydrogen-bond donors (Lipinski definition) is 0. The summed E-state index contributed by atoms with van der Waals surface area (Å²) >= 11 is 0. The number of rotatable bonds is 4. The lowest BCUT2D eigenvalue weighted by atomic mass is 9.73. The minimum Gasteiger partial charge on any atom is -0.465 e. The topological polar surface area (TPSA) is 43.4 Å². The Morgan fingerprint density at radius 2 is 1.62 bits per heavy atom. The predicted molar refractivity (Wildman–Crippen MR) is 93.3 cm³/mol. The minimum absolute atomic E-state index is 0.174. The Morgan fingerprint density at radius 1 is 1.04 bits per heavy atom. The van der Waals surface area contributed by atoms with E-state index < -0.39 is 23.6 Å². The number of halogens is 2. The van der Waals surface area contributed by atoms with E-state index in [0.29, 0.717) is 23.1 Å². The van der Waals surface area contributed by atoms with Gasteiger partial charge in [0.25, 0.3) is 0 Å². The number of hydrogen-bond acceptors (Lipinski definition) is 3. The zero-order valence-corrected chi connectivity index (χ0v) is 14.2. The average Bonchev–Trinajstić information content (AvgIpc) is 2.62. The molecule has 0 N–H and O–H groups in total. The molecule has 0 radical (unpaired) electrons. The van der Waals surface area contributed by atoms with E-state index in [9.17, 15) is 18.4 Å². The molecule has 0 saturated heterocycles. The van der Waals surface area contributed by atoms with Crippen molar-refractivity contribution in [3.63, 3.8) is 0 Å². The van der Waals surface area contributed by atoms with Gasteiger partial charge in [-0.15, -0.1) is 0 Å². The Hall–Kier alpha value is -2.82. The van der Waals surface area contributed by atoms with Crippen LogP contribution in [0.2, 0.25) is 0 Å². The monoisotopic (exact) mass is 356 g/mol. The van der Waals surface area contributed by atoms with Crippen LogP contribution in [0.5, 0.6) is 0 Å². The van der Waals surface area contributed by atoms with Gasteiger partial charge in [-0.2, -0.15) is 0 Å². The lowest BCUT2D eigenvalue weighted by molar-refractivity contribution is -0.151. The first-order valence-corrected chi connectivity index (χ1v) is 8.42. The fourth-order valence-electron chi connectivity index (χ4n) is 3.27. The van der Waals surface area contributed by atoms with Crippen molar-refractivity contribution < 1.29 is 23.1 Å². The molecule has 2 atom stereocenters. The molecule has 0 heterocycles. The highest BCUT2D eigenvalue weighted by Gasteiger charge is 2.39. The summed E-state index contributed by atoms with van der Waals surface area (Å²) in [5, 5.41) is 0. The van der Waals surface area contributed by atoms with Crippen LogP contribution < -0.4 is 0 Å². The van der Waals surface area contributed by atoms with Gasteiger partial charge in [0, 0.05) is 5.92 Å². The lowest BCUT2D eigenvalue weighted by Gasteiger charge is -2.29. The zero-order chi connectivity index (χ0) is 18.7. The largest absolute Gasteiger partial charge is 0.465 e. The van der Waals surface area contributed by atoms with Crippen LogP contribution in [0, 0.1) is 17.6 Å². The van der Waals surface area contributed by atoms with Gasteiger partial charge in [-0.3, -0.25) is 9.59 Å². The maximum Gasteiger partial charge on any atom is 0.317 e. The van der Waals surface area contributed by atoms with Gasteiger partial charge in [0.15, 0.2) is 5.78 Å². The van der Waals surface area contributed by atoms with Crippen molar-refractivity contribution in [2.75, 3.05) is 6.61 Å². The number of ketones is 1. The fraction of sp³-hybridized carbons (Fsp3) is 0.238. The second kappa shape index (κ2) is 7.60. The summed E-state index contributed by atoms with van der Waals surface area (Å²) < 4.78 is 31.5. The van der Waals surface area contributed by atoms with Crippen LogP contribution in [-0.2, 0) is 14.3 Å². The standard InChI is InChI=1S/C21H18F2O3/c1-2-26-21(25)20-18(14-5-9-17(23)10-6-14)11-15(12-19(20)24)13-3-7-16(22)8-4-13/h3-10,12,18,20H,2,11H2,1H3/t18-,20+/m1/s1. The predicted octanol–water partition coefficient (Wildman–Crippen LogP) is 4.28. The first kappa shape index (κ1) is 18.0. The number of allylic oxidation sites excluding steroid dienone is 2. The minimum atomic E-state index is -0.968. The van der Waals surface area contributed by atoms with Gasteiger partial charge in [-0.1, -0.05) is 24.3 Å². The van der Waals surface area contributed by atoms with Crippen LogP contribution in [0.1, 0.15) is 30.4 Å². The molecule has 0 spiro atoms. The van der Waals surface area contributed by atoms with E-state index in [2.05, 4.69) is 0 Å². The van der Waals surface area contributed by atoms with Gasteiger partial charge in [-0.05, 0) is 60.4 Å². The van der Waals surface area contributed by atoms with Crippen molar-refractivity contribution in [1.82, 2.24) is 0 Å². The van der Waals surface area contributed by atoms with Crippen LogP contribution in [-0.4, -0.2) is 18.4 Å². The second-order valence-electron chi connectivity index (χ2n) is 6.17. The van der Waals surface area contributed by atoms with Crippen molar-refractivity contribution in [3.8, 4) is 0 Å².